The van der Waals surface area contributed by atoms with Crippen LogP contribution in [0.1, 0.15) is 80.6 Å². The molecular formula is C23H33N5OS. The van der Waals surface area contributed by atoms with Gasteiger partial charge in [-0.1, -0.05) is 32.6 Å². The van der Waals surface area contributed by atoms with Crippen molar-refractivity contribution < 1.29 is 4.79 Å². The highest BCUT2D eigenvalue weighted by atomic mass is 32.1. The van der Waals surface area contributed by atoms with Gasteiger partial charge in [-0.25, -0.2) is 15.0 Å². The lowest BCUT2D eigenvalue weighted by atomic mass is 9.87. The monoisotopic (exact) mass is 427 g/mol. The number of aryl methyl sites for hydroxylation is 2. The second kappa shape index (κ2) is 9.86. The number of carbonyl (C=O) groups is 1. The van der Waals surface area contributed by atoms with Crippen molar-refractivity contribution in [2.45, 2.75) is 77.6 Å². The van der Waals surface area contributed by atoms with Crippen LogP contribution in [0.3, 0.4) is 0 Å². The van der Waals surface area contributed by atoms with Crippen LogP contribution in [0.2, 0.25) is 0 Å². The lowest BCUT2D eigenvalue weighted by Gasteiger charge is -2.34. The summed E-state index contributed by atoms with van der Waals surface area (Å²) in [6.07, 6.45) is 11.6. The standard InChI is InChI=1S/C23H33N5OS/c1-3-7-19-14-20(27-23-24-15-16(2)30-23)26-21(25-19)17-10-12-28(13-11-17)22(29)18-8-5-4-6-9-18/h14-15,17-18H,3-13H2,1-2H3,(H,24,25,26,27). The Labute approximate surface area is 183 Å². The summed E-state index contributed by atoms with van der Waals surface area (Å²) in [6, 6.07) is 2.05. The minimum absolute atomic E-state index is 0.261. The van der Waals surface area contributed by atoms with Gasteiger partial charge in [0.15, 0.2) is 5.13 Å². The van der Waals surface area contributed by atoms with Gasteiger partial charge in [0.05, 0.1) is 0 Å². The van der Waals surface area contributed by atoms with Crippen LogP contribution < -0.4 is 5.32 Å². The molecule has 0 atom stereocenters. The molecule has 2 aliphatic rings. The second-order valence-corrected chi connectivity index (χ2v) is 9.92. The van der Waals surface area contributed by atoms with E-state index in [4.69, 9.17) is 9.97 Å². The summed E-state index contributed by atoms with van der Waals surface area (Å²) in [6.45, 7) is 5.89. The second-order valence-electron chi connectivity index (χ2n) is 8.69. The molecule has 162 valence electrons. The average molecular weight is 428 g/mol. The summed E-state index contributed by atoms with van der Waals surface area (Å²) in [5, 5.41) is 4.23. The highest BCUT2D eigenvalue weighted by Gasteiger charge is 2.30. The van der Waals surface area contributed by atoms with E-state index in [9.17, 15) is 4.79 Å². The molecule has 1 aliphatic carbocycles. The third kappa shape index (κ3) is 5.17. The van der Waals surface area contributed by atoms with E-state index in [0.717, 1.165) is 74.1 Å². The van der Waals surface area contributed by atoms with E-state index in [-0.39, 0.29) is 5.92 Å². The van der Waals surface area contributed by atoms with Crippen molar-refractivity contribution >= 4 is 28.2 Å². The van der Waals surface area contributed by atoms with Gasteiger partial charge in [0, 0.05) is 47.8 Å². The number of carbonyl (C=O) groups excluding carboxylic acids is 1. The number of nitrogens with zero attached hydrogens (tertiary/aromatic N) is 4. The van der Waals surface area contributed by atoms with Gasteiger partial charge in [-0.05, 0) is 39.0 Å². The molecule has 1 saturated heterocycles. The fourth-order valence-electron chi connectivity index (χ4n) is 4.64. The summed E-state index contributed by atoms with van der Waals surface area (Å²) < 4.78 is 0. The van der Waals surface area contributed by atoms with Crippen molar-refractivity contribution in [3.8, 4) is 0 Å². The van der Waals surface area contributed by atoms with Gasteiger partial charge >= 0.3 is 0 Å². The van der Waals surface area contributed by atoms with E-state index in [1.165, 1.54) is 24.1 Å². The molecule has 7 heteroatoms. The zero-order valence-corrected chi connectivity index (χ0v) is 19.0. The van der Waals surface area contributed by atoms with Crippen molar-refractivity contribution in [1.29, 1.82) is 0 Å². The molecular weight excluding hydrogens is 394 g/mol. The Hall–Kier alpha value is -2.02. The molecule has 6 nitrogen and oxygen atoms in total. The quantitative estimate of drug-likeness (QED) is 0.684. The number of hydrogen-bond acceptors (Lipinski definition) is 6. The Kier molecular flexibility index (Phi) is 6.97. The topological polar surface area (TPSA) is 71.0 Å². The number of anilines is 2. The first-order chi connectivity index (χ1) is 14.6. The van der Waals surface area contributed by atoms with Crippen LogP contribution in [-0.4, -0.2) is 38.8 Å². The minimum atomic E-state index is 0.261. The molecule has 3 heterocycles. The Morgan fingerprint density at radius 2 is 1.93 bits per heavy atom. The molecule has 1 amide bonds. The van der Waals surface area contributed by atoms with Crippen LogP contribution in [0.4, 0.5) is 10.9 Å². The maximum Gasteiger partial charge on any atom is 0.225 e. The fourth-order valence-corrected chi connectivity index (χ4v) is 5.31. The van der Waals surface area contributed by atoms with Crippen LogP contribution in [0, 0.1) is 12.8 Å². The molecule has 30 heavy (non-hydrogen) atoms. The van der Waals surface area contributed by atoms with Crippen molar-refractivity contribution in [3.05, 3.63) is 28.7 Å². The number of hydrogen-bond donors (Lipinski definition) is 1. The van der Waals surface area contributed by atoms with Crippen molar-refractivity contribution in [1.82, 2.24) is 19.9 Å². The van der Waals surface area contributed by atoms with Gasteiger partial charge in [-0.3, -0.25) is 4.79 Å². The Bertz CT molecular complexity index is 853. The van der Waals surface area contributed by atoms with Gasteiger partial charge in [0.25, 0.3) is 0 Å². The highest BCUT2D eigenvalue weighted by molar-refractivity contribution is 7.15. The SMILES string of the molecule is CCCc1cc(Nc2ncc(C)s2)nc(C2CCN(C(=O)C3CCCCC3)CC2)n1. The van der Waals surface area contributed by atoms with E-state index in [1.54, 1.807) is 11.3 Å². The molecule has 0 spiro atoms. The van der Waals surface area contributed by atoms with E-state index >= 15 is 0 Å². The zero-order chi connectivity index (χ0) is 20.9. The van der Waals surface area contributed by atoms with Crippen LogP contribution in [-0.2, 0) is 11.2 Å². The molecule has 0 bridgehead atoms. The number of thiazole rings is 1. The largest absolute Gasteiger partial charge is 0.342 e. The van der Waals surface area contributed by atoms with Crippen molar-refractivity contribution in [2.24, 2.45) is 5.92 Å². The molecule has 0 aromatic carbocycles. The normalized spacial score (nSPS) is 18.5. The Morgan fingerprint density at radius 3 is 2.60 bits per heavy atom. The lowest BCUT2D eigenvalue weighted by molar-refractivity contribution is -0.137. The predicted octanol–water partition coefficient (Wildman–Crippen LogP) is 5.22. The van der Waals surface area contributed by atoms with Crippen molar-refractivity contribution in [2.75, 3.05) is 18.4 Å². The van der Waals surface area contributed by atoms with Gasteiger partial charge in [-0.15, -0.1) is 11.3 Å². The van der Waals surface area contributed by atoms with E-state index in [0.29, 0.717) is 11.8 Å². The molecule has 1 aliphatic heterocycles. The maximum atomic E-state index is 12.9. The highest BCUT2D eigenvalue weighted by Crippen LogP contribution is 2.31. The number of aromatic nitrogens is 3. The van der Waals surface area contributed by atoms with Gasteiger partial charge in [0.1, 0.15) is 11.6 Å². The fraction of sp³-hybridized carbons (Fsp3) is 0.652. The Balaban J connectivity index is 1.43. The van der Waals surface area contributed by atoms with Crippen LogP contribution in [0.15, 0.2) is 12.3 Å². The van der Waals surface area contributed by atoms with Crippen LogP contribution in [0.25, 0.3) is 0 Å². The summed E-state index contributed by atoms with van der Waals surface area (Å²) in [4.78, 5) is 30.3. The maximum absolute atomic E-state index is 12.9. The smallest absolute Gasteiger partial charge is 0.225 e. The summed E-state index contributed by atoms with van der Waals surface area (Å²) >= 11 is 1.63. The number of nitrogens with one attached hydrogen (secondary N) is 1. The molecule has 0 unspecified atom stereocenters. The van der Waals surface area contributed by atoms with Crippen LogP contribution in [0.5, 0.6) is 0 Å². The first kappa shape index (κ1) is 21.2. The molecule has 2 aromatic rings. The van der Waals surface area contributed by atoms with Gasteiger partial charge in [0.2, 0.25) is 5.91 Å². The first-order valence-electron chi connectivity index (χ1n) is 11.5. The predicted molar refractivity (Wildman–Crippen MR) is 121 cm³/mol. The number of rotatable bonds is 6. The Morgan fingerprint density at radius 1 is 1.17 bits per heavy atom. The summed E-state index contributed by atoms with van der Waals surface area (Å²) in [5.41, 5.74) is 1.08. The number of amides is 1. The third-order valence-corrected chi connectivity index (χ3v) is 7.11. The van der Waals surface area contributed by atoms with Gasteiger partial charge in [-0.2, -0.15) is 0 Å². The first-order valence-corrected chi connectivity index (χ1v) is 12.3. The molecule has 2 fully saturated rings. The van der Waals surface area contributed by atoms with Gasteiger partial charge < -0.3 is 10.2 Å². The van der Waals surface area contributed by atoms with Crippen molar-refractivity contribution in [3.63, 3.8) is 0 Å². The third-order valence-electron chi connectivity index (χ3n) is 6.29. The van der Waals surface area contributed by atoms with E-state index in [2.05, 4.69) is 29.0 Å². The molecule has 4 rings (SSSR count). The minimum Gasteiger partial charge on any atom is -0.342 e. The summed E-state index contributed by atoms with van der Waals surface area (Å²) in [7, 11) is 0. The number of likely N-dealkylation sites (tertiary alicyclic amines) is 1. The molecule has 1 N–H and O–H groups in total. The summed E-state index contributed by atoms with van der Waals surface area (Å²) in [5.74, 6) is 2.71. The van der Waals surface area contributed by atoms with E-state index in [1.807, 2.05) is 12.3 Å². The number of piperidine rings is 1. The molecule has 2 aromatic heterocycles. The van der Waals surface area contributed by atoms with E-state index < -0.39 is 0 Å². The lowest BCUT2D eigenvalue weighted by Crippen LogP contribution is -2.42. The molecule has 0 radical (unpaired) electrons. The zero-order valence-electron chi connectivity index (χ0n) is 18.2. The average Bonchev–Trinajstić information content (AvgIpc) is 3.18. The van der Waals surface area contributed by atoms with Crippen LogP contribution >= 0.6 is 11.3 Å². The molecule has 1 saturated carbocycles.